The van der Waals surface area contributed by atoms with Gasteiger partial charge in [0, 0.05) is 36.7 Å². The van der Waals surface area contributed by atoms with Crippen molar-refractivity contribution in [1.82, 2.24) is 9.62 Å². The van der Waals surface area contributed by atoms with Crippen LogP contribution >= 0.6 is 11.8 Å². The Morgan fingerprint density at radius 1 is 1.17 bits per heavy atom. The van der Waals surface area contributed by atoms with E-state index in [0.717, 1.165) is 38.6 Å². The highest BCUT2D eigenvalue weighted by Crippen LogP contribution is 2.33. The zero-order chi connectivity index (χ0) is 21.9. The topological polar surface area (TPSA) is 117 Å². The third kappa shape index (κ3) is 6.34. The monoisotopic (exact) mass is 464 g/mol. The number of aliphatic hydroxyl groups is 3. The Kier molecular flexibility index (Phi) is 8.93. The molecular weight excluding hydrogens is 428 g/mol. The van der Waals surface area contributed by atoms with Crippen molar-refractivity contribution in [2.75, 3.05) is 38.6 Å². The summed E-state index contributed by atoms with van der Waals surface area (Å²) >= 11 is 0.0908. The van der Waals surface area contributed by atoms with Gasteiger partial charge in [-0.3, -0.25) is 4.90 Å². The number of hydrogen-bond donors (Lipinski definition) is 4. The summed E-state index contributed by atoms with van der Waals surface area (Å²) in [6.45, 7) is 9.80. The highest BCUT2D eigenvalue weighted by Gasteiger charge is 2.48. The van der Waals surface area contributed by atoms with Crippen LogP contribution in [-0.2, 0) is 20.8 Å². The minimum Gasteiger partial charge on any atom is -0.598 e. The Morgan fingerprint density at radius 3 is 2.53 bits per heavy atom. The minimum atomic E-state index is -1.37. The van der Waals surface area contributed by atoms with E-state index in [1.165, 1.54) is 11.8 Å². The SMILES string of the molecule is CC(C)(C)[S@@+]([O-])N[C@@H]1C/C=C/C(CN2CCOCC2)CSC2O[C@H]1C(O)C(O)[C@H]2O. The van der Waals surface area contributed by atoms with Crippen LogP contribution in [-0.4, -0.2) is 104 Å². The van der Waals surface area contributed by atoms with Gasteiger partial charge in [0.2, 0.25) is 0 Å². The summed E-state index contributed by atoms with van der Waals surface area (Å²) in [5.41, 5.74) is -0.653. The molecule has 174 valence electrons. The van der Waals surface area contributed by atoms with E-state index < -0.39 is 52.0 Å². The third-order valence-corrected chi connectivity index (χ3v) is 8.66. The number of thioether (sulfide) groups is 1. The van der Waals surface area contributed by atoms with Gasteiger partial charge in [0.25, 0.3) is 0 Å². The van der Waals surface area contributed by atoms with Gasteiger partial charge < -0.3 is 29.3 Å². The number of rotatable bonds is 4. The molecule has 3 aliphatic heterocycles. The lowest BCUT2D eigenvalue weighted by Gasteiger charge is -2.44. The summed E-state index contributed by atoms with van der Waals surface area (Å²) in [5.74, 6) is 0.982. The van der Waals surface area contributed by atoms with Crippen molar-refractivity contribution in [2.45, 2.75) is 67.8 Å². The van der Waals surface area contributed by atoms with Gasteiger partial charge in [-0.1, -0.05) is 12.2 Å². The number of fused-ring (bicyclic) bond motifs is 2. The molecule has 0 spiro atoms. The second-order valence-corrected chi connectivity index (χ2v) is 12.3. The van der Waals surface area contributed by atoms with E-state index in [9.17, 15) is 19.9 Å². The molecule has 3 heterocycles. The Bertz CT molecular complexity index is 572. The number of aliphatic hydroxyl groups excluding tert-OH is 3. The van der Waals surface area contributed by atoms with Gasteiger partial charge in [-0.05, 0) is 33.1 Å². The molecule has 2 saturated heterocycles. The van der Waals surface area contributed by atoms with Crippen molar-refractivity contribution >= 4 is 23.1 Å². The van der Waals surface area contributed by atoms with Crippen molar-refractivity contribution in [2.24, 2.45) is 5.92 Å². The Morgan fingerprint density at radius 2 is 1.87 bits per heavy atom. The zero-order valence-electron chi connectivity index (χ0n) is 18.0. The van der Waals surface area contributed by atoms with Crippen LogP contribution in [0.15, 0.2) is 12.2 Å². The molecule has 4 unspecified atom stereocenters. The summed E-state index contributed by atoms with van der Waals surface area (Å²) in [6, 6.07) is -0.455. The number of nitrogens with one attached hydrogen (secondary N) is 1. The fourth-order valence-electron chi connectivity index (χ4n) is 3.83. The lowest BCUT2D eigenvalue weighted by molar-refractivity contribution is -0.203. The number of ether oxygens (including phenoxy) is 2. The van der Waals surface area contributed by atoms with Crippen LogP contribution in [0.4, 0.5) is 0 Å². The predicted molar refractivity (Wildman–Crippen MR) is 118 cm³/mol. The molecule has 4 N–H and O–H groups in total. The van der Waals surface area contributed by atoms with Crippen molar-refractivity contribution in [3.05, 3.63) is 12.2 Å². The quantitative estimate of drug-likeness (QED) is 0.333. The molecule has 0 amide bonds. The molecule has 2 bridgehead atoms. The standard InChI is InChI=1S/C20H36N2O6S2/c1-20(2,3)30(26)21-14-6-4-5-13(11-22-7-9-27-10-8-22)12-29-19-17(25)15(23)16(24)18(14)28-19/h4-5,13-19,21,23-25H,6-12H2,1-3H3/b5-4+/t13?,14-,15?,16?,17-,18-,19?,30-/m1/s1. The summed E-state index contributed by atoms with van der Waals surface area (Å²) in [4.78, 5) is 2.37. The van der Waals surface area contributed by atoms with Crippen molar-refractivity contribution in [3.8, 4) is 0 Å². The lowest BCUT2D eigenvalue weighted by Crippen LogP contribution is -2.63. The van der Waals surface area contributed by atoms with Crippen LogP contribution in [0.2, 0.25) is 0 Å². The maximum Gasteiger partial charge on any atom is 0.136 e. The first-order chi connectivity index (χ1) is 14.2. The molecule has 0 aromatic carbocycles. The van der Waals surface area contributed by atoms with Crippen LogP contribution in [0.25, 0.3) is 0 Å². The van der Waals surface area contributed by atoms with Gasteiger partial charge in [-0.25, -0.2) is 0 Å². The summed E-state index contributed by atoms with van der Waals surface area (Å²) in [6.07, 6.45) is 0.210. The molecule has 30 heavy (non-hydrogen) atoms. The summed E-state index contributed by atoms with van der Waals surface area (Å²) in [5, 5.41) is 31.5. The molecule has 2 fully saturated rings. The molecule has 8 nitrogen and oxygen atoms in total. The van der Waals surface area contributed by atoms with Gasteiger partial charge in [-0.2, -0.15) is 0 Å². The molecule has 3 rings (SSSR count). The maximum atomic E-state index is 12.7. The van der Waals surface area contributed by atoms with Crippen LogP contribution in [0.3, 0.4) is 0 Å². The van der Waals surface area contributed by atoms with Gasteiger partial charge in [-0.15, -0.1) is 16.5 Å². The van der Waals surface area contributed by atoms with E-state index in [2.05, 4.69) is 21.8 Å². The van der Waals surface area contributed by atoms with E-state index in [0.29, 0.717) is 6.42 Å². The smallest absolute Gasteiger partial charge is 0.136 e. The fourth-order valence-corrected chi connectivity index (χ4v) is 5.91. The van der Waals surface area contributed by atoms with Crippen LogP contribution in [0.5, 0.6) is 0 Å². The first-order valence-corrected chi connectivity index (χ1v) is 12.8. The summed E-state index contributed by atoms with van der Waals surface area (Å²) in [7, 11) is 0. The van der Waals surface area contributed by atoms with E-state index >= 15 is 0 Å². The van der Waals surface area contributed by atoms with Crippen LogP contribution < -0.4 is 4.72 Å². The second-order valence-electron chi connectivity index (χ2n) is 9.22. The van der Waals surface area contributed by atoms with Crippen LogP contribution in [0.1, 0.15) is 27.2 Å². The Balaban J connectivity index is 1.77. The van der Waals surface area contributed by atoms with Gasteiger partial charge in [0.15, 0.2) is 0 Å². The molecule has 0 aromatic rings. The average Bonchev–Trinajstić information content (AvgIpc) is 2.70. The van der Waals surface area contributed by atoms with Gasteiger partial charge in [0.05, 0.1) is 19.3 Å². The van der Waals surface area contributed by atoms with E-state index in [-0.39, 0.29) is 5.92 Å². The van der Waals surface area contributed by atoms with Crippen molar-refractivity contribution < 1.29 is 29.3 Å². The fraction of sp³-hybridized carbons (Fsp3) is 0.900. The lowest BCUT2D eigenvalue weighted by atomic mass is 9.93. The normalized spacial score (nSPS) is 41.2. The molecule has 0 saturated carbocycles. The van der Waals surface area contributed by atoms with Gasteiger partial charge in [0.1, 0.15) is 34.6 Å². The molecule has 8 atom stereocenters. The number of morpholine rings is 1. The molecular formula is C20H36N2O6S2. The van der Waals surface area contributed by atoms with Crippen molar-refractivity contribution in [1.29, 1.82) is 0 Å². The van der Waals surface area contributed by atoms with E-state index in [4.69, 9.17) is 9.47 Å². The van der Waals surface area contributed by atoms with E-state index in [1.807, 2.05) is 20.8 Å². The highest BCUT2D eigenvalue weighted by molar-refractivity contribution is 7.99. The van der Waals surface area contributed by atoms with Crippen molar-refractivity contribution in [3.63, 3.8) is 0 Å². The maximum absolute atomic E-state index is 12.7. The molecule has 0 aromatic heterocycles. The minimum absolute atomic E-state index is 0.248. The molecule has 0 radical (unpaired) electrons. The molecule has 0 aliphatic carbocycles. The van der Waals surface area contributed by atoms with Gasteiger partial charge >= 0.3 is 0 Å². The number of hydrogen-bond acceptors (Lipinski definition) is 9. The zero-order valence-corrected chi connectivity index (χ0v) is 19.6. The second kappa shape index (κ2) is 10.8. The largest absolute Gasteiger partial charge is 0.598 e. The average molecular weight is 465 g/mol. The molecule has 10 heteroatoms. The van der Waals surface area contributed by atoms with Crippen LogP contribution in [0, 0.1) is 5.92 Å². The third-order valence-electron chi connectivity index (χ3n) is 5.69. The predicted octanol–water partition coefficient (Wildman–Crippen LogP) is -0.144. The Labute approximate surface area is 186 Å². The number of nitrogens with zero attached hydrogens (tertiary/aromatic N) is 1. The van der Waals surface area contributed by atoms with E-state index in [1.54, 1.807) is 0 Å². The first kappa shape index (κ1) is 24.8. The first-order valence-electron chi connectivity index (χ1n) is 10.6. The summed E-state index contributed by atoms with van der Waals surface area (Å²) < 4.78 is 26.8. The Hall–Kier alpha value is 0.120. The highest BCUT2D eigenvalue weighted by atomic mass is 32.2. The molecule has 3 aliphatic rings.